The van der Waals surface area contributed by atoms with Crippen LogP contribution in [0.1, 0.15) is 13.8 Å². The standard InChI is InChI=1S/C26H20F2N8/c1-13(2)32-17-9-15(10-29-11-17)22-21(28)20-19(12-31-22)35-36-24(20)26-33-23-18(6-7-30-25(23)34-26)14-4-3-5-16(27)8-14/h3-13,32H,1-2H3,(H,35,36)(H,30,33,34). The fraction of sp³-hybridized carbons (Fsp3) is 0.115. The van der Waals surface area contributed by atoms with E-state index in [4.69, 9.17) is 0 Å². The minimum Gasteiger partial charge on any atom is -0.382 e. The summed E-state index contributed by atoms with van der Waals surface area (Å²) in [7, 11) is 0. The molecule has 0 bridgehead atoms. The quantitative estimate of drug-likeness (QED) is 0.290. The van der Waals surface area contributed by atoms with Gasteiger partial charge < -0.3 is 10.3 Å². The second-order valence-corrected chi connectivity index (χ2v) is 8.69. The average molecular weight is 482 g/mol. The van der Waals surface area contributed by atoms with Crippen molar-refractivity contribution in [2.75, 3.05) is 5.32 Å². The summed E-state index contributed by atoms with van der Waals surface area (Å²) >= 11 is 0. The van der Waals surface area contributed by atoms with Crippen LogP contribution in [0.5, 0.6) is 0 Å². The van der Waals surface area contributed by atoms with Gasteiger partial charge in [0.2, 0.25) is 0 Å². The molecule has 5 aromatic heterocycles. The highest BCUT2D eigenvalue weighted by Gasteiger charge is 2.21. The van der Waals surface area contributed by atoms with Gasteiger partial charge in [0.15, 0.2) is 17.3 Å². The van der Waals surface area contributed by atoms with Crippen molar-refractivity contribution < 1.29 is 8.78 Å². The number of nitrogens with one attached hydrogen (secondary N) is 3. The molecule has 6 aromatic rings. The van der Waals surface area contributed by atoms with Gasteiger partial charge >= 0.3 is 0 Å². The molecule has 10 heteroatoms. The van der Waals surface area contributed by atoms with E-state index in [-0.39, 0.29) is 22.9 Å². The molecular formula is C26H20F2N8. The molecule has 1 aromatic carbocycles. The SMILES string of the molecule is CC(C)Nc1cncc(-c2ncc3[nH]nc(-c4nc5c(-c6cccc(F)c6)ccnc5[nH]4)c3c2F)c1. The summed E-state index contributed by atoms with van der Waals surface area (Å²) in [6.45, 7) is 4.02. The van der Waals surface area contributed by atoms with Gasteiger partial charge in [0.25, 0.3) is 0 Å². The average Bonchev–Trinajstić information content (AvgIpc) is 3.48. The summed E-state index contributed by atoms with van der Waals surface area (Å²) in [6, 6.07) is 10.0. The fourth-order valence-electron chi connectivity index (χ4n) is 4.24. The summed E-state index contributed by atoms with van der Waals surface area (Å²) in [6.07, 6.45) is 6.40. The third-order valence-electron chi connectivity index (χ3n) is 5.76. The minimum absolute atomic E-state index is 0.153. The second-order valence-electron chi connectivity index (χ2n) is 8.69. The zero-order valence-corrected chi connectivity index (χ0v) is 19.3. The van der Waals surface area contributed by atoms with Crippen LogP contribution in [-0.4, -0.2) is 41.2 Å². The molecule has 0 fully saturated rings. The van der Waals surface area contributed by atoms with E-state index >= 15 is 4.39 Å². The number of rotatable bonds is 5. The van der Waals surface area contributed by atoms with Crippen LogP contribution < -0.4 is 5.32 Å². The summed E-state index contributed by atoms with van der Waals surface area (Å²) in [5, 5.41) is 10.7. The van der Waals surface area contributed by atoms with Crippen molar-refractivity contribution in [2.45, 2.75) is 19.9 Å². The Balaban J connectivity index is 1.49. The molecule has 0 unspecified atom stereocenters. The largest absolute Gasteiger partial charge is 0.382 e. The van der Waals surface area contributed by atoms with Gasteiger partial charge in [-0.3, -0.25) is 15.1 Å². The Kier molecular flexibility index (Phi) is 5.14. The predicted molar refractivity (Wildman–Crippen MR) is 134 cm³/mol. The number of hydrogen-bond donors (Lipinski definition) is 3. The first-order chi connectivity index (χ1) is 17.5. The maximum atomic E-state index is 15.9. The van der Waals surface area contributed by atoms with Crippen LogP contribution in [0.25, 0.3) is 56.0 Å². The number of halogens is 2. The molecule has 0 radical (unpaired) electrons. The van der Waals surface area contributed by atoms with Gasteiger partial charge in [-0.2, -0.15) is 5.10 Å². The number of anilines is 1. The van der Waals surface area contributed by atoms with Crippen molar-refractivity contribution in [2.24, 2.45) is 0 Å². The Labute approximate surface area is 203 Å². The molecule has 36 heavy (non-hydrogen) atoms. The predicted octanol–water partition coefficient (Wildman–Crippen LogP) is 5.72. The lowest BCUT2D eigenvalue weighted by molar-refractivity contribution is 0.628. The molecule has 0 amide bonds. The number of hydrogen-bond acceptors (Lipinski definition) is 6. The lowest BCUT2D eigenvalue weighted by atomic mass is 10.1. The number of benzene rings is 1. The normalized spacial score (nSPS) is 11.6. The van der Waals surface area contributed by atoms with E-state index < -0.39 is 5.82 Å². The summed E-state index contributed by atoms with van der Waals surface area (Å²) in [4.78, 5) is 20.7. The molecule has 5 heterocycles. The molecule has 3 N–H and O–H groups in total. The van der Waals surface area contributed by atoms with Crippen molar-refractivity contribution in [3.63, 3.8) is 0 Å². The van der Waals surface area contributed by atoms with E-state index in [1.54, 1.807) is 42.9 Å². The molecule has 0 aliphatic carbocycles. The van der Waals surface area contributed by atoms with Gasteiger partial charge in [-0.05, 0) is 43.7 Å². The van der Waals surface area contributed by atoms with Crippen LogP contribution in [-0.2, 0) is 0 Å². The maximum absolute atomic E-state index is 15.9. The van der Waals surface area contributed by atoms with Crippen LogP contribution in [0.2, 0.25) is 0 Å². The van der Waals surface area contributed by atoms with Crippen LogP contribution in [0.3, 0.4) is 0 Å². The van der Waals surface area contributed by atoms with Gasteiger partial charge in [-0.25, -0.2) is 18.7 Å². The Morgan fingerprint density at radius 3 is 2.67 bits per heavy atom. The summed E-state index contributed by atoms with van der Waals surface area (Å²) in [5.41, 5.74) is 4.54. The first-order valence-corrected chi connectivity index (χ1v) is 11.3. The third-order valence-corrected chi connectivity index (χ3v) is 5.76. The van der Waals surface area contributed by atoms with Gasteiger partial charge in [-0.15, -0.1) is 0 Å². The number of pyridine rings is 3. The van der Waals surface area contributed by atoms with Crippen molar-refractivity contribution in [1.29, 1.82) is 0 Å². The highest BCUT2D eigenvalue weighted by atomic mass is 19.1. The van der Waals surface area contributed by atoms with Crippen molar-refractivity contribution in [3.05, 3.63) is 72.8 Å². The molecule has 0 atom stereocenters. The summed E-state index contributed by atoms with van der Waals surface area (Å²) in [5.74, 6) is -0.564. The number of aromatic amines is 2. The number of H-pyrrole nitrogens is 2. The first-order valence-electron chi connectivity index (χ1n) is 11.3. The molecule has 178 valence electrons. The van der Waals surface area contributed by atoms with Gasteiger partial charge in [0.1, 0.15) is 22.7 Å². The molecule has 0 saturated carbocycles. The van der Waals surface area contributed by atoms with E-state index in [0.29, 0.717) is 44.9 Å². The minimum atomic E-state index is -0.543. The highest BCUT2D eigenvalue weighted by molar-refractivity contribution is 5.97. The molecular weight excluding hydrogens is 462 g/mol. The first kappa shape index (κ1) is 21.8. The van der Waals surface area contributed by atoms with Crippen LogP contribution in [0, 0.1) is 11.6 Å². The molecule has 8 nitrogen and oxygen atoms in total. The van der Waals surface area contributed by atoms with Gasteiger partial charge in [0, 0.05) is 35.8 Å². The zero-order valence-electron chi connectivity index (χ0n) is 19.3. The third kappa shape index (κ3) is 3.72. The van der Waals surface area contributed by atoms with Gasteiger partial charge in [0.05, 0.1) is 22.8 Å². The zero-order chi connectivity index (χ0) is 24.8. The van der Waals surface area contributed by atoms with Crippen molar-refractivity contribution in [1.82, 2.24) is 35.1 Å². The Morgan fingerprint density at radius 2 is 1.83 bits per heavy atom. The molecule has 0 spiro atoms. The number of nitrogens with zero attached hydrogens (tertiary/aromatic N) is 5. The molecule has 6 rings (SSSR count). The van der Waals surface area contributed by atoms with Gasteiger partial charge in [-0.1, -0.05) is 12.1 Å². The van der Waals surface area contributed by atoms with Crippen LogP contribution in [0.15, 0.2) is 61.2 Å². The van der Waals surface area contributed by atoms with E-state index in [9.17, 15) is 4.39 Å². The van der Waals surface area contributed by atoms with E-state index in [0.717, 1.165) is 5.69 Å². The molecule has 0 aliphatic heterocycles. The van der Waals surface area contributed by atoms with Crippen LogP contribution in [0.4, 0.5) is 14.5 Å². The highest BCUT2D eigenvalue weighted by Crippen LogP contribution is 2.34. The van der Waals surface area contributed by atoms with Crippen molar-refractivity contribution >= 4 is 27.8 Å². The van der Waals surface area contributed by atoms with E-state index in [2.05, 4.69) is 40.4 Å². The Hall–Kier alpha value is -4.73. The lowest BCUT2D eigenvalue weighted by Crippen LogP contribution is -2.09. The maximum Gasteiger partial charge on any atom is 0.161 e. The monoisotopic (exact) mass is 482 g/mol. The Bertz CT molecular complexity index is 1740. The Morgan fingerprint density at radius 1 is 0.944 bits per heavy atom. The van der Waals surface area contributed by atoms with E-state index in [1.807, 2.05) is 13.8 Å². The molecule has 0 aliphatic rings. The fourth-order valence-corrected chi connectivity index (χ4v) is 4.24. The lowest BCUT2D eigenvalue weighted by Gasteiger charge is -2.11. The van der Waals surface area contributed by atoms with E-state index in [1.165, 1.54) is 18.3 Å². The number of fused-ring (bicyclic) bond motifs is 2. The topological polar surface area (TPSA) is 108 Å². The molecule has 0 saturated heterocycles. The smallest absolute Gasteiger partial charge is 0.161 e. The van der Waals surface area contributed by atoms with Crippen molar-refractivity contribution in [3.8, 4) is 33.9 Å². The number of aromatic nitrogens is 7. The summed E-state index contributed by atoms with van der Waals surface area (Å²) < 4.78 is 29.8. The number of imidazole rings is 1. The second kappa shape index (κ2) is 8.49. The van der Waals surface area contributed by atoms with Crippen LogP contribution >= 0.6 is 0 Å².